The molecular formula is C25H33N7OS. The van der Waals surface area contributed by atoms with Crippen molar-refractivity contribution in [3.63, 3.8) is 0 Å². The molecule has 34 heavy (non-hydrogen) atoms. The number of pyridine rings is 1. The van der Waals surface area contributed by atoms with Gasteiger partial charge in [0, 0.05) is 29.4 Å². The summed E-state index contributed by atoms with van der Waals surface area (Å²) in [6.45, 7) is 8.54. The number of aryl methyl sites for hydroxylation is 1. The van der Waals surface area contributed by atoms with Gasteiger partial charge in [-0.3, -0.25) is 4.79 Å². The zero-order chi connectivity index (χ0) is 24.1. The molecule has 5 rings (SSSR count). The van der Waals surface area contributed by atoms with Gasteiger partial charge in [-0.2, -0.15) is 5.10 Å². The number of hydrogen-bond acceptors (Lipinski definition) is 6. The lowest BCUT2D eigenvalue weighted by Gasteiger charge is -2.32. The van der Waals surface area contributed by atoms with Crippen molar-refractivity contribution in [3.8, 4) is 11.3 Å². The normalized spacial score (nSPS) is 19.1. The summed E-state index contributed by atoms with van der Waals surface area (Å²) < 4.78 is 1.83. The number of hydrogen-bond donors (Lipinski definition) is 2. The molecular weight excluding hydrogens is 446 g/mol. The van der Waals surface area contributed by atoms with Gasteiger partial charge < -0.3 is 15.2 Å². The summed E-state index contributed by atoms with van der Waals surface area (Å²) in [5.41, 5.74) is 7.33. The number of fused-ring (bicyclic) bond motifs is 2. The quantitative estimate of drug-likeness (QED) is 0.434. The molecule has 0 atom stereocenters. The van der Waals surface area contributed by atoms with Crippen molar-refractivity contribution in [1.82, 2.24) is 34.8 Å². The fourth-order valence-electron chi connectivity index (χ4n) is 5.20. The molecule has 9 heteroatoms. The predicted octanol–water partition coefficient (Wildman–Crippen LogP) is 4.68. The van der Waals surface area contributed by atoms with Crippen molar-refractivity contribution in [1.29, 1.82) is 0 Å². The fraction of sp³-hybridized carbons (Fsp3) is 0.520. The molecule has 4 aromatic rings. The van der Waals surface area contributed by atoms with E-state index >= 15 is 0 Å². The number of rotatable bonds is 5. The van der Waals surface area contributed by atoms with Crippen molar-refractivity contribution < 1.29 is 4.79 Å². The number of amides is 1. The minimum atomic E-state index is -0.0600. The summed E-state index contributed by atoms with van der Waals surface area (Å²) in [4.78, 5) is 29.1. The Morgan fingerprint density at radius 3 is 2.62 bits per heavy atom. The van der Waals surface area contributed by atoms with Crippen LogP contribution in [0.15, 0.2) is 12.5 Å². The van der Waals surface area contributed by atoms with Crippen LogP contribution in [0.3, 0.4) is 0 Å². The van der Waals surface area contributed by atoms with Gasteiger partial charge in [-0.05, 0) is 70.7 Å². The van der Waals surface area contributed by atoms with Gasteiger partial charge in [0.2, 0.25) is 0 Å². The molecule has 1 aliphatic carbocycles. The average Bonchev–Trinajstić information content (AvgIpc) is 3.50. The van der Waals surface area contributed by atoms with E-state index < -0.39 is 0 Å². The van der Waals surface area contributed by atoms with Crippen molar-refractivity contribution in [2.75, 3.05) is 14.1 Å². The van der Waals surface area contributed by atoms with Crippen LogP contribution in [0.1, 0.15) is 71.9 Å². The minimum absolute atomic E-state index is 0.0600. The summed E-state index contributed by atoms with van der Waals surface area (Å²) in [5.74, 6) is 0.185. The van der Waals surface area contributed by atoms with Crippen LogP contribution in [-0.2, 0) is 0 Å². The highest BCUT2D eigenvalue weighted by atomic mass is 32.1. The molecule has 4 heterocycles. The smallest absolute Gasteiger partial charge is 0.280 e. The number of thiazole rings is 1. The predicted molar refractivity (Wildman–Crippen MR) is 137 cm³/mol. The van der Waals surface area contributed by atoms with Gasteiger partial charge in [-0.25, -0.2) is 14.5 Å². The first-order valence-corrected chi connectivity index (χ1v) is 12.9. The molecule has 2 N–H and O–H groups in total. The van der Waals surface area contributed by atoms with Crippen molar-refractivity contribution in [3.05, 3.63) is 34.2 Å². The summed E-state index contributed by atoms with van der Waals surface area (Å²) in [6.07, 6.45) is 7.88. The number of aromatic amines is 1. The number of nitrogens with zero attached hydrogens (tertiary/aromatic N) is 5. The molecule has 8 nitrogen and oxygen atoms in total. The second kappa shape index (κ2) is 8.78. The van der Waals surface area contributed by atoms with Crippen molar-refractivity contribution >= 4 is 33.2 Å². The van der Waals surface area contributed by atoms with E-state index in [0.29, 0.717) is 11.0 Å². The van der Waals surface area contributed by atoms with E-state index in [0.717, 1.165) is 64.1 Å². The van der Waals surface area contributed by atoms with Crippen LogP contribution < -0.4 is 5.32 Å². The third kappa shape index (κ3) is 3.90. The van der Waals surface area contributed by atoms with Gasteiger partial charge in [0.15, 0.2) is 10.7 Å². The number of carbonyl (C=O) groups is 1. The Balaban J connectivity index is 1.45. The first-order chi connectivity index (χ1) is 16.2. The molecule has 180 valence electrons. The Labute approximate surface area is 203 Å². The Hall–Kier alpha value is -2.78. The first-order valence-electron chi connectivity index (χ1n) is 12.0. The summed E-state index contributed by atoms with van der Waals surface area (Å²) in [7, 11) is 4.27. The molecule has 1 aliphatic rings. The number of H-pyrrole nitrogens is 1. The highest BCUT2D eigenvalue weighted by Crippen LogP contribution is 2.39. The Morgan fingerprint density at radius 1 is 1.21 bits per heavy atom. The minimum Gasteiger partial charge on any atom is -0.347 e. The lowest BCUT2D eigenvalue weighted by Crippen LogP contribution is -2.41. The Kier molecular flexibility index (Phi) is 5.93. The van der Waals surface area contributed by atoms with Crippen LogP contribution in [0.2, 0.25) is 0 Å². The van der Waals surface area contributed by atoms with Crippen molar-refractivity contribution in [2.45, 2.75) is 71.4 Å². The van der Waals surface area contributed by atoms with Crippen LogP contribution in [-0.4, -0.2) is 61.6 Å². The van der Waals surface area contributed by atoms with E-state index in [4.69, 9.17) is 4.98 Å². The molecule has 0 spiro atoms. The molecule has 0 aliphatic heterocycles. The molecule has 0 aromatic carbocycles. The van der Waals surface area contributed by atoms with Gasteiger partial charge in [0.05, 0.1) is 5.69 Å². The third-order valence-corrected chi connectivity index (χ3v) is 8.29. The van der Waals surface area contributed by atoms with Crippen LogP contribution in [0.4, 0.5) is 0 Å². The van der Waals surface area contributed by atoms with E-state index in [2.05, 4.69) is 67.1 Å². The second-order valence-corrected chi connectivity index (χ2v) is 11.0. The van der Waals surface area contributed by atoms with Crippen LogP contribution in [0, 0.1) is 13.8 Å². The highest BCUT2D eigenvalue weighted by molar-refractivity contribution is 7.20. The van der Waals surface area contributed by atoms with Gasteiger partial charge in [-0.1, -0.05) is 25.2 Å². The van der Waals surface area contributed by atoms with Gasteiger partial charge in [0.25, 0.3) is 5.91 Å². The summed E-state index contributed by atoms with van der Waals surface area (Å²) >= 11 is 1.44. The first kappa shape index (κ1) is 23.0. The maximum Gasteiger partial charge on any atom is 0.280 e. The molecule has 4 aromatic heterocycles. The lowest BCUT2D eigenvalue weighted by molar-refractivity contribution is 0.0916. The van der Waals surface area contributed by atoms with Gasteiger partial charge in [-0.15, -0.1) is 0 Å². The van der Waals surface area contributed by atoms with E-state index in [1.165, 1.54) is 16.9 Å². The van der Waals surface area contributed by atoms with E-state index in [1.807, 2.05) is 10.7 Å². The van der Waals surface area contributed by atoms with E-state index in [-0.39, 0.29) is 17.9 Å². The van der Waals surface area contributed by atoms with E-state index in [9.17, 15) is 4.79 Å². The average molecular weight is 480 g/mol. The summed E-state index contributed by atoms with van der Waals surface area (Å²) in [6, 6.07) is 0.841. The second-order valence-electron chi connectivity index (χ2n) is 10.0. The molecule has 0 bridgehead atoms. The number of nitrogens with one attached hydrogen (secondary N) is 2. The zero-order valence-corrected chi connectivity index (χ0v) is 21.6. The van der Waals surface area contributed by atoms with Crippen LogP contribution in [0.5, 0.6) is 0 Å². The monoisotopic (exact) mass is 479 g/mol. The van der Waals surface area contributed by atoms with Crippen LogP contribution >= 0.6 is 11.3 Å². The Bertz CT molecular complexity index is 1350. The standard InChI is InChI=1S/C25H33N7OS/c1-13(2)19-20(18-11-32-22(26-12-27-32)15(4)14(18)3)29-24-21(19)30-25(34-24)23(33)28-16-7-9-17(10-8-16)31(5)6/h11-13,16-17,29H,7-10H2,1-6H3,(H,28,33). The molecule has 0 radical (unpaired) electrons. The summed E-state index contributed by atoms with van der Waals surface area (Å²) in [5, 5.41) is 8.12. The maximum atomic E-state index is 13.0. The number of carbonyl (C=O) groups excluding carboxylic acids is 1. The van der Waals surface area contributed by atoms with Crippen LogP contribution in [0.25, 0.3) is 27.3 Å². The van der Waals surface area contributed by atoms with E-state index in [1.54, 1.807) is 6.33 Å². The maximum absolute atomic E-state index is 13.0. The topological polar surface area (TPSA) is 91.2 Å². The molecule has 0 unspecified atom stereocenters. The van der Waals surface area contributed by atoms with Crippen molar-refractivity contribution in [2.24, 2.45) is 0 Å². The SMILES string of the molecule is Cc1c(-c2[nH]c3sc(C(=O)NC4CCC(N(C)C)CC4)nc3c2C(C)C)cn2ncnc2c1C. The molecule has 1 fully saturated rings. The van der Waals surface area contributed by atoms with Gasteiger partial charge >= 0.3 is 0 Å². The zero-order valence-electron chi connectivity index (χ0n) is 20.8. The third-order valence-electron chi connectivity index (χ3n) is 7.32. The highest BCUT2D eigenvalue weighted by Gasteiger charge is 2.27. The largest absolute Gasteiger partial charge is 0.347 e. The number of aromatic nitrogens is 5. The lowest BCUT2D eigenvalue weighted by atomic mass is 9.90. The molecule has 0 saturated heterocycles. The fourth-order valence-corrected chi connectivity index (χ4v) is 6.08. The molecule has 1 saturated carbocycles. The van der Waals surface area contributed by atoms with Gasteiger partial charge in [0.1, 0.15) is 16.7 Å². The Morgan fingerprint density at radius 2 is 1.94 bits per heavy atom. The molecule has 1 amide bonds.